The van der Waals surface area contributed by atoms with Gasteiger partial charge < -0.3 is 9.88 Å². The molecule has 1 heterocycles. The Labute approximate surface area is 98.0 Å². The van der Waals surface area contributed by atoms with E-state index in [-0.39, 0.29) is 12.1 Å². The molecule has 3 nitrogen and oxygen atoms in total. The van der Waals surface area contributed by atoms with Crippen molar-refractivity contribution < 1.29 is 13.2 Å². The molecule has 0 aromatic carbocycles. The zero-order valence-corrected chi connectivity index (χ0v) is 9.45. The molecule has 1 aromatic heterocycles. The second-order valence-electron chi connectivity index (χ2n) is 4.52. The normalized spacial score (nSPS) is 26.1. The summed E-state index contributed by atoms with van der Waals surface area (Å²) in [6.07, 6.45) is 4.72. The van der Waals surface area contributed by atoms with Gasteiger partial charge in [0.2, 0.25) is 0 Å². The molecule has 0 radical (unpaired) electrons. The molecule has 0 saturated heterocycles. The molecular formula is C11H16F3N3. The van der Waals surface area contributed by atoms with Gasteiger partial charge in [-0.15, -0.1) is 0 Å². The zero-order valence-electron chi connectivity index (χ0n) is 9.45. The van der Waals surface area contributed by atoms with Gasteiger partial charge in [-0.05, 0) is 25.7 Å². The number of halogens is 3. The highest BCUT2D eigenvalue weighted by molar-refractivity contribution is 4.87. The molecular weight excluding hydrogens is 231 g/mol. The second kappa shape index (κ2) is 5.08. The molecule has 1 saturated carbocycles. The van der Waals surface area contributed by atoms with Crippen molar-refractivity contribution in [1.82, 2.24) is 14.9 Å². The van der Waals surface area contributed by atoms with Crippen LogP contribution in [0.15, 0.2) is 18.7 Å². The van der Waals surface area contributed by atoms with Gasteiger partial charge in [0, 0.05) is 24.5 Å². The third kappa shape index (κ3) is 3.73. The van der Waals surface area contributed by atoms with Crippen LogP contribution in [-0.4, -0.2) is 28.3 Å². The van der Waals surface area contributed by atoms with Gasteiger partial charge in [-0.25, -0.2) is 4.98 Å². The average molecular weight is 247 g/mol. The standard InChI is InChI=1S/C11H16F3N3/c12-11(13,14)7-16-9-2-1-3-10(6-9)17-5-4-15-8-17/h4-5,8-10,16H,1-3,6-7H2/t9-,10?/m1/s1. The van der Waals surface area contributed by atoms with Crippen molar-refractivity contribution in [3.05, 3.63) is 18.7 Å². The number of nitrogens with one attached hydrogen (secondary N) is 1. The Kier molecular flexibility index (Phi) is 3.71. The lowest BCUT2D eigenvalue weighted by molar-refractivity contribution is -0.126. The number of aromatic nitrogens is 2. The van der Waals surface area contributed by atoms with Gasteiger partial charge in [0.05, 0.1) is 12.9 Å². The quantitative estimate of drug-likeness (QED) is 0.889. The molecule has 2 rings (SSSR count). The number of rotatable bonds is 3. The molecule has 0 bridgehead atoms. The minimum Gasteiger partial charge on any atom is -0.334 e. The van der Waals surface area contributed by atoms with Crippen molar-refractivity contribution >= 4 is 0 Å². The van der Waals surface area contributed by atoms with Gasteiger partial charge in [-0.1, -0.05) is 0 Å². The monoisotopic (exact) mass is 247 g/mol. The fourth-order valence-corrected chi connectivity index (χ4v) is 2.37. The van der Waals surface area contributed by atoms with Crippen molar-refractivity contribution in [3.63, 3.8) is 0 Å². The predicted octanol–water partition coefficient (Wildman–Crippen LogP) is 2.52. The Balaban J connectivity index is 1.85. The van der Waals surface area contributed by atoms with E-state index in [0.29, 0.717) is 0 Å². The van der Waals surface area contributed by atoms with Crippen LogP contribution < -0.4 is 5.32 Å². The maximum atomic E-state index is 12.1. The molecule has 1 aliphatic rings. The molecule has 6 heteroatoms. The fourth-order valence-electron chi connectivity index (χ4n) is 2.37. The summed E-state index contributed by atoms with van der Waals surface area (Å²) in [6, 6.07) is 0.231. The van der Waals surface area contributed by atoms with Gasteiger partial charge in [-0.2, -0.15) is 13.2 Å². The minimum atomic E-state index is -4.12. The number of alkyl halides is 3. The Morgan fingerprint density at radius 1 is 1.35 bits per heavy atom. The second-order valence-corrected chi connectivity index (χ2v) is 4.52. The van der Waals surface area contributed by atoms with E-state index in [9.17, 15) is 13.2 Å². The smallest absolute Gasteiger partial charge is 0.334 e. The van der Waals surface area contributed by atoms with Crippen molar-refractivity contribution in [2.45, 2.75) is 43.9 Å². The van der Waals surface area contributed by atoms with Crippen molar-refractivity contribution in [2.24, 2.45) is 0 Å². The van der Waals surface area contributed by atoms with Gasteiger partial charge >= 0.3 is 6.18 Å². The van der Waals surface area contributed by atoms with Crippen LogP contribution in [0.5, 0.6) is 0 Å². The molecule has 1 fully saturated rings. The van der Waals surface area contributed by atoms with E-state index < -0.39 is 12.7 Å². The maximum absolute atomic E-state index is 12.1. The highest BCUT2D eigenvalue weighted by atomic mass is 19.4. The first-order chi connectivity index (χ1) is 8.04. The Bertz CT molecular complexity index is 334. The molecule has 0 amide bonds. The molecule has 2 atom stereocenters. The highest BCUT2D eigenvalue weighted by Crippen LogP contribution is 2.28. The lowest BCUT2D eigenvalue weighted by atomic mass is 9.91. The van der Waals surface area contributed by atoms with Gasteiger partial charge in [-0.3, -0.25) is 0 Å². The van der Waals surface area contributed by atoms with Gasteiger partial charge in [0.25, 0.3) is 0 Å². The predicted molar refractivity (Wildman–Crippen MR) is 57.6 cm³/mol. The highest BCUT2D eigenvalue weighted by Gasteiger charge is 2.30. The van der Waals surface area contributed by atoms with Crippen LogP contribution in [0.3, 0.4) is 0 Å². The number of hydrogen-bond donors (Lipinski definition) is 1. The molecule has 1 aliphatic carbocycles. The van der Waals surface area contributed by atoms with Crippen LogP contribution in [0.25, 0.3) is 0 Å². The summed E-state index contributed by atoms with van der Waals surface area (Å²) in [5.41, 5.74) is 0. The largest absolute Gasteiger partial charge is 0.401 e. The van der Waals surface area contributed by atoms with Crippen LogP contribution in [0, 0.1) is 0 Å². The van der Waals surface area contributed by atoms with Crippen molar-refractivity contribution in [3.8, 4) is 0 Å². The molecule has 17 heavy (non-hydrogen) atoms. The van der Waals surface area contributed by atoms with E-state index in [0.717, 1.165) is 25.7 Å². The third-order valence-corrected chi connectivity index (χ3v) is 3.18. The molecule has 96 valence electrons. The van der Waals surface area contributed by atoms with Crippen LogP contribution in [-0.2, 0) is 0 Å². The molecule has 0 spiro atoms. The maximum Gasteiger partial charge on any atom is 0.401 e. The topological polar surface area (TPSA) is 29.9 Å². The van der Waals surface area contributed by atoms with Crippen LogP contribution in [0.2, 0.25) is 0 Å². The first-order valence-electron chi connectivity index (χ1n) is 5.82. The summed E-state index contributed by atoms with van der Waals surface area (Å²) in [7, 11) is 0. The summed E-state index contributed by atoms with van der Waals surface area (Å²) >= 11 is 0. The zero-order chi connectivity index (χ0) is 12.3. The van der Waals surface area contributed by atoms with E-state index in [1.54, 1.807) is 12.5 Å². The Morgan fingerprint density at radius 2 is 2.18 bits per heavy atom. The summed E-state index contributed by atoms with van der Waals surface area (Å²) in [4.78, 5) is 3.97. The first-order valence-corrected chi connectivity index (χ1v) is 5.82. The number of nitrogens with zero attached hydrogens (tertiary/aromatic N) is 2. The van der Waals surface area contributed by atoms with Crippen LogP contribution in [0.1, 0.15) is 31.7 Å². The SMILES string of the molecule is FC(F)(F)CN[C@@H]1CCCC(n2ccnc2)C1. The van der Waals surface area contributed by atoms with Crippen molar-refractivity contribution in [1.29, 1.82) is 0 Å². The molecule has 1 N–H and O–H groups in total. The van der Waals surface area contributed by atoms with Gasteiger partial charge in [0.15, 0.2) is 0 Å². The summed E-state index contributed by atoms with van der Waals surface area (Å²) < 4.78 is 38.3. The average Bonchev–Trinajstić information content (AvgIpc) is 2.79. The van der Waals surface area contributed by atoms with E-state index >= 15 is 0 Å². The Hall–Kier alpha value is -1.04. The van der Waals surface area contributed by atoms with Crippen molar-refractivity contribution in [2.75, 3.05) is 6.54 Å². The van der Waals surface area contributed by atoms with E-state index in [1.165, 1.54) is 0 Å². The summed E-state index contributed by atoms with van der Waals surface area (Å²) in [5, 5.41) is 2.59. The van der Waals surface area contributed by atoms with E-state index in [2.05, 4.69) is 10.3 Å². The summed E-state index contributed by atoms with van der Waals surface area (Å²) in [6.45, 7) is -0.895. The Morgan fingerprint density at radius 3 is 2.82 bits per heavy atom. The van der Waals surface area contributed by atoms with Crippen LogP contribution in [0.4, 0.5) is 13.2 Å². The lowest BCUT2D eigenvalue weighted by Gasteiger charge is -2.30. The number of imidazole rings is 1. The minimum absolute atomic E-state index is 0.0437. The number of hydrogen-bond acceptors (Lipinski definition) is 2. The molecule has 1 unspecified atom stereocenters. The van der Waals surface area contributed by atoms with Crippen LogP contribution >= 0.6 is 0 Å². The third-order valence-electron chi connectivity index (χ3n) is 3.18. The van der Waals surface area contributed by atoms with Gasteiger partial charge in [0.1, 0.15) is 0 Å². The summed E-state index contributed by atoms with van der Waals surface area (Å²) in [5.74, 6) is 0. The fraction of sp³-hybridized carbons (Fsp3) is 0.727. The molecule has 0 aliphatic heterocycles. The molecule has 1 aromatic rings. The van der Waals surface area contributed by atoms with E-state index in [4.69, 9.17) is 0 Å². The van der Waals surface area contributed by atoms with E-state index in [1.807, 2.05) is 10.8 Å². The lowest BCUT2D eigenvalue weighted by Crippen LogP contribution is -2.40. The first kappa shape index (κ1) is 12.4.